The van der Waals surface area contributed by atoms with Gasteiger partial charge in [0.15, 0.2) is 11.8 Å². The Hall–Kier alpha value is -2.01. The van der Waals surface area contributed by atoms with Crippen molar-refractivity contribution in [2.45, 2.75) is 12.3 Å². The summed E-state index contributed by atoms with van der Waals surface area (Å²) in [5.74, 6) is 0.0408. The molecule has 0 aliphatic carbocycles. The molecule has 5 nitrogen and oxygen atoms in total. The van der Waals surface area contributed by atoms with Crippen LogP contribution in [0.15, 0.2) is 12.1 Å². The van der Waals surface area contributed by atoms with Gasteiger partial charge < -0.3 is 16.2 Å². The molecule has 0 aliphatic rings. The maximum Gasteiger partial charge on any atom is 0.416 e. The molecule has 0 bridgehead atoms. The van der Waals surface area contributed by atoms with Gasteiger partial charge in [-0.2, -0.15) is 18.4 Å². The number of aliphatic hydroxyl groups is 1. The summed E-state index contributed by atoms with van der Waals surface area (Å²) in [5, 5.41) is 19.6. The molecule has 0 aromatic carbocycles. The lowest BCUT2D eigenvalue weighted by molar-refractivity contribution is -0.198. The number of halogens is 3. The Morgan fingerprint density at radius 3 is 2.71 bits per heavy atom. The van der Waals surface area contributed by atoms with Crippen LogP contribution in [0.25, 0.3) is 0 Å². The molecule has 8 heteroatoms. The van der Waals surface area contributed by atoms with Crippen LogP contribution in [0.2, 0.25) is 0 Å². The standard InChI is InChI=1S/C9H9F3N4O/c10-9(11,12)7(17)4-15-8-2-1-5(14)6(3-13)16-8/h1-2,7,17H,4,14H2,(H,15,16). The van der Waals surface area contributed by atoms with Crippen LogP contribution < -0.4 is 11.1 Å². The monoisotopic (exact) mass is 246 g/mol. The minimum absolute atomic E-state index is 0.0408. The van der Waals surface area contributed by atoms with E-state index >= 15 is 0 Å². The second kappa shape index (κ2) is 4.88. The Balaban J connectivity index is 2.68. The fraction of sp³-hybridized carbons (Fsp3) is 0.333. The zero-order valence-electron chi connectivity index (χ0n) is 8.49. The molecule has 92 valence electrons. The number of nitrogens with one attached hydrogen (secondary N) is 1. The van der Waals surface area contributed by atoms with Crippen LogP contribution in [0.3, 0.4) is 0 Å². The van der Waals surface area contributed by atoms with E-state index in [0.29, 0.717) is 0 Å². The molecule has 1 atom stereocenters. The highest BCUT2D eigenvalue weighted by Gasteiger charge is 2.37. The first-order chi connectivity index (χ1) is 7.84. The van der Waals surface area contributed by atoms with Gasteiger partial charge in [0.25, 0.3) is 0 Å². The summed E-state index contributed by atoms with van der Waals surface area (Å²) >= 11 is 0. The van der Waals surface area contributed by atoms with Gasteiger partial charge in [0.2, 0.25) is 0 Å². The molecule has 0 saturated carbocycles. The van der Waals surface area contributed by atoms with Crippen molar-refractivity contribution in [3.8, 4) is 6.07 Å². The number of pyridine rings is 1. The number of nitrogens with two attached hydrogens (primary N) is 1. The summed E-state index contributed by atoms with van der Waals surface area (Å²) in [5.41, 5.74) is 5.43. The molecule has 4 N–H and O–H groups in total. The van der Waals surface area contributed by atoms with Crippen molar-refractivity contribution in [2.24, 2.45) is 0 Å². The van der Waals surface area contributed by atoms with Gasteiger partial charge in [-0.1, -0.05) is 0 Å². The smallest absolute Gasteiger partial charge is 0.396 e. The molecule has 0 fully saturated rings. The van der Waals surface area contributed by atoms with E-state index in [4.69, 9.17) is 16.1 Å². The maximum absolute atomic E-state index is 12.0. The largest absolute Gasteiger partial charge is 0.416 e. The summed E-state index contributed by atoms with van der Waals surface area (Å²) in [6.45, 7) is -0.745. The molecule has 0 radical (unpaired) electrons. The summed E-state index contributed by atoms with van der Waals surface area (Å²) < 4.78 is 35.9. The molecule has 1 aromatic rings. The normalized spacial score (nSPS) is 12.9. The zero-order valence-corrected chi connectivity index (χ0v) is 8.49. The van der Waals surface area contributed by atoms with Crippen LogP contribution in [-0.4, -0.2) is 28.9 Å². The van der Waals surface area contributed by atoms with Crippen molar-refractivity contribution >= 4 is 11.5 Å². The Morgan fingerprint density at radius 2 is 2.18 bits per heavy atom. The summed E-state index contributed by atoms with van der Waals surface area (Å²) in [7, 11) is 0. The molecule has 0 saturated heterocycles. The van der Waals surface area contributed by atoms with Gasteiger partial charge in [-0.25, -0.2) is 4.98 Å². The molecular formula is C9H9F3N4O. The van der Waals surface area contributed by atoms with Gasteiger partial charge in [-0.3, -0.25) is 0 Å². The highest BCUT2D eigenvalue weighted by atomic mass is 19.4. The predicted octanol–water partition coefficient (Wildman–Crippen LogP) is 0.871. The van der Waals surface area contributed by atoms with Gasteiger partial charge in [-0.15, -0.1) is 0 Å². The first kappa shape index (κ1) is 13.1. The van der Waals surface area contributed by atoms with Crippen LogP contribution in [0.5, 0.6) is 0 Å². The van der Waals surface area contributed by atoms with Gasteiger partial charge in [0.1, 0.15) is 11.9 Å². The number of alkyl halides is 3. The predicted molar refractivity (Wildman–Crippen MR) is 53.9 cm³/mol. The quantitative estimate of drug-likeness (QED) is 0.735. The number of aromatic nitrogens is 1. The van der Waals surface area contributed by atoms with E-state index in [1.54, 1.807) is 6.07 Å². The third kappa shape index (κ3) is 3.49. The molecule has 17 heavy (non-hydrogen) atoms. The average Bonchev–Trinajstić information content (AvgIpc) is 2.26. The van der Waals surface area contributed by atoms with E-state index in [-0.39, 0.29) is 17.2 Å². The highest BCUT2D eigenvalue weighted by Crippen LogP contribution is 2.20. The first-order valence-electron chi connectivity index (χ1n) is 4.50. The number of nitrogens with zero attached hydrogens (tertiary/aromatic N) is 2. The van der Waals surface area contributed by atoms with E-state index in [2.05, 4.69) is 10.3 Å². The molecule has 0 amide bonds. The third-order valence-corrected chi connectivity index (χ3v) is 1.89. The number of hydrogen-bond acceptors (Lipinski definition) is 5. The Bertz CT molecular complexity index is 441. The Labute approximate surface area is 94.7 Å². The molecule has 1 heterocycles. The third-order valence-electron chi connectivity index (χ3n) is 1.89. The molecule has 0 aliphatic heterocycles. The van der Waals surface area contributed by atoms with Crippen molar-refractivity contribution in [3.63, 3.8) is 0 Å². The fourth-order valence-corrected chi connectivity index (χ4v) is 0.975. The van der Waals surface area contributed by atoms with E-state index in [9.17, 15) is 13.2 Å². The van der Waals surface area contributed by atoms with Crippen molar-refractivity contribution < 1.29 is 18.3 Å². The van der Waals surface area contributed by atoms with E-state index in [1.807, 2.05) is 0 Å². The summed E-state index contributed by atoms with van der Waals surface area (Å²) in [6, 6.07) is 4.35. The average molecular weight is 246 g/mol. The first-order valence-corrected chi connectivity index (χ1v) is 4.50. The van der Waals surface area contributed by atoms with Crippen molar-refractivity contribution in [2.75, 3.05) is 17.6 Å². The second-order valence-electron chi connectivity index (χ2n) is 3.18. The van der Waals surface area contributed by atoms with Gasteiger partial charge in [0, 0.05) is 0 Å². The lowest BCUT2D eigenvalue weighted by Crippen LogP contribution is -2.35. The minimum Gasteiger partial charge on any atom is -0.396 e. The lowest BCUT2D eigenvalue weighted by atomic mass is 10.3. The number of hydrogen-bond donors (Lipinski definition) is 3. The van der Waals surface area contributed by atoms with Crippen LogP contribution in [-0.2, 0) is 0 Å². The van der Waals surface area contributed by atoms with Crippen molar-refractivity contribution in [1.29, 1.82) is 5.26 Å². The van der Waals surface area contributed by atoms with Crippen LogP contribution in [0.1, 0.15) is 5.69 Å². The van der Waals surface area contributed by atoms with Crippen LogP contribution in [0, 0.1) is 11.3 Å². The highest BCUT2D eigenvalue weighted by molar-refractivity contribution is 5.54. The zero-order chi connectivity index (χ0) is 13.1. The second-order valence-corrected chi connectivity index (χ2v) is 3.18. The lowest BCUT2D eigenvalue weighted by Gasteiger charge is -2.15. The van der Waals surface area contributed by atoms with Crippen molar-refractivity contribution in [3.05, 3.63) is 17.8 Å². The van der Waals surface area contributed by atoms with Crippen LogP contribution in [0.4, 0.5) is 24.7 Å². The Kier molecular flexibility index (Phi) is 3.75. The van der Waals surface area contributed by atoms with E-state index in [0.717, 1.165) is 0 Å². The topological polar surface area (TPSA) is 95.0 Å². The van der Waals surface area contributed by atoms with Crippen molar-refractivity contribution in [1.82, 2.24) is 4.98 Å². The Morgan fingerprint density at radius 1 is 1.53 bits per heavy atom. The van der Waals surface area contributed by atoms with Gasteiger partial charge >= 0.3 is 6.18 Å². The molecular weight excluding hydrogens is 237 g/mol. The molecule has 1 aromatic heterocycles. The number of nitrogen functional groups attached to an aromatic ring is 1. The van der Waals surface area contributed by atoms with Gasteiger partial charge in [-0.05, 0) is 12.1 Å². The van der Waals surface area contributed by atoms with E-state index in [1.165, 1.54) is 12.1 Å². The summed E-state index contributed by atoms with van der Waals surface area (Å²) in [4.78, 5) is 3.67. The minimum atomic E-state index is -4.70. The molecule has 1 rings (SSSR count). The number of aliphatic hydroxyl groups excluding tert-OH is 1. The number of anilines is 2. The molecule has 0 spiro atoms. The summed E-state index contributed by atoms with van der Waals surface area (Å²) in [6.07, 6.45) is -7.19. The SMILES string of the molecule is N#Cc1nc(NCC(O)C(F)(F)F)ccc1N. The maximum atomic E-state index is 12.0. The number of rotatable bonds is 3. The van der Waals surface area contributed by atoms with E-state index < -0.39 is 18.8 Å². The number of nitriles is 1. The molecule has 1 unspecified atom stereocenters. The fourth-order valence-electron chi connectivity index (χ4n) is 0.975. The van der Waals surface area contributed by atoms with Gasteiger partial charge in [0.05, 0.1) is 12.2 Å². The van der Waals surface area contributed by atoms with Crippen LogP contribution >= 0.6 is 0 Å².